The van der Waals surface area contributed by atoms with E-state index in [0.29, 0.717) is 11.8 Å². The molecule has 2 aliphatic rings. The minimum atomic E-state index is 0. The van der Waals surface area contributed by atoms with Crippen molar-refractivity contribution in [2.45, 2.75) is 76.0 Å². The maximum atomic E-state index is 4.85. The van der Waals surface area contributed by atoms with Crippen LogP contribution in [0.3, 0.4) is 0 Å². The van der Waals surface area contributed by atoms with Crippen LogP contribution in [0.15, 0.2) is 79.1 Å². The second-order valence-electron chi connectivity index (χ2n) is 10.4. The van der Waals surface area contributed by atoms with Gasteiger partial charge in [-0.1, -0.05) is 68.9 Å². The smallest absolute Gasteiger partial charge is 0.0602 e. The van der Waals surface area contributed by atoms with E-state index < -0.39 is 0 Å². The first-order valence-corrected chi connectivity index (χ1v) is 13.6. The van der Waals surface area contributed by atoms with Gasteiger partial charge in [0.15, 0.2) is 0 Å². The molecule has 1 heterocycles. The number of aromatic nitrogens is 2. The van der Waals surface area contributed by atoms with E-state index in [-0.39, 0.29) is 20.1 Å². The van der Waals surface area contributed by atoms with Crippen LogP contribution in [0, 0.1) is 6.07 Å². The Kier molecular flexibility index (Phi) is 8.19. The maximum Gasteiger partial charge on any atom is 0.0602 e. The molecule has 3 aromatic carbocycles. The Morgan fingerprint density at radius 3 is 1.89 bits per heavy atom. The summed E-state index contributed by atoms with van der Waals surface area (Å²) in [5, 5.41) is 0. The van der Waals surface area contributed by atoms with Crippen LogP contribution in [0.2, 0.25) is 0 Å². The van der Waals surface area contributed by atoms with Crippen molar-refractivity contribution < 1.29 is 20.1 Å². The minimum absolute atomic E-state index is 0. The third-order valence-corrected chi connectivity index (χ3v) is 8.20. The van der Waals surface area contributed by atoms with E-state index >= 15 is 0 Å². The molecule has 3 heteroatoms. The van der Waals surface area contributed by atoms with Gasteiger partial charge in [-0.15, -0.1) is 35.9 Å². The molecule has 0 saturated heterocycles. The van der Waals surface area contributed by atoms with Crippen LogP contribution in [0.4, 0.5) is 0 Å². The molecule has 4 aromatic rings. The van der Waals surface area contributed by atoms with Gasteiger partial charge in [0.25, 0.3) is 0 Å². The van der Waals surface area contributed by atoms with Crippen LogP contribution in [-0.4, -0.2) is 9.55 Å². The third-order valence-electron chi connectivity index (χ3n) is 8.20. The average molecular weight is 652 g/mol. The topological polar surface area (TPSA) is 17.8 Å². The molecule has 0 spiro atoms. The first kappa shape index (κ1) is 25.2. The predicted molar refractivity (Wildman–Crippen MR) is 145 cm³/mol. The average Bonchev–Trinajstić information content (AvgIpc) is 3.44. The number of hydrogen-bond donors (Lipinski definition) is 0. The van der Waals surface area contributed by atoms with Crippen LogP contribution in [0.1, 0.15) is 87.2 Å². The molecule has 187 valence electrons. The van der Waals surface area contributed by atoms with Gasteiger partial charge in [-0.2, -0.15) is 0 Å². The second-order valence-corrected chi connectivity index (χ2v) is 10.4. The standard InChI is InChI=1S/C33H35N2.Ir/c1-5-13-25(14-6-1)29-23-30(26-15-7-2-8-16-26)32(31(24-29)27-17-9-3-10-18-27)35-22-21-34-33(35)28-19-11-4-12-20-28;/h1,4-6,11-14,19,21-24,26-27H,2-3,7-10,15-18H2;/q-1;. The Morgan fingerprint density at radius 1 is 0.694 bits per heavy atom. The second kappa shape index (κ2) is 11.7. The Labute approximate surface area is 229 Å². The van der Waals surface area contributed by atoms with Gasteiger partial charge >= 0.3 is 0 Å². The normalized spacial score (nSPS) is 17.0. The molecular formula is C33H35IrN2-. The summed E-state index contributed by atoms with van der Waals surface area (Å²) >= 11 is 0. The van der Waals surface area contributed by atoms with E-state index in [1.165, 1.54) is 92.1 Å². The van der Waals surface area contributed by atoms with Gasteiger partial charge in [-0.05, 0) is 71.9 Å². The molecule has 2 saturated carbocycles. The van der Waals surface area contributed by atoms with Crippen molar-refractivity contribution in [3.63, 3.8) is 0 Å². The first-order chi connectivity index (χ1) is 17.4. The molecule has 36 heavy (non-hydrogen) atoms. The molecule has 2 nitrogen and oxygen atoms in total. The molecule has 6 rings (SSSR count). The van der Waals surface area contributed by atoms with Crippen molar-refractivity contribution in [2.24, 2.45) is 0 Å². The van der Waals surface area contributed by atoms with Crippen LogP contribution in [0.5, 0.6) is 0 Å². The molecule has 1 radical (unpaired) electrons. The largest absolute Gasteiger partial charge is 0.340 e. The minimum Gasteiger partial charge on any atom is -0.340 e. The van der Waals surface area contributed by atoms with Crippen molar-refractivity contribution >= 4 is 0 Å². The summed E-state index contributed by atoms with van der Waals surface area (Å²) in [6, 6.07) is 27.7. The number of rotatable bonds is 5. The van der Waals surface area contributed by atoms with Gasteiger partial charge in [-0.25, -0.2) is 0 Å². The summed E-state index contributed by atoms with van der Waals surface area (Å²) in [6.07, 6.45) is 17.4. The van der Waals surface area contributed by atoms with Gasteiger partial charge in [0.1, 0.15) is 0 Å². The molecule has 2 aliphatic carbocycles. The van der Waals surface area contributed by atoms with Crippen molar-refractivity contribution in [2.75, 3.05) is 0 Å². The zero-order valence-corrected chi connectivity index (χ0v) is 23.4. The van der Waals surface area contributed by atoms with Gasteiger partial charge in [-0.3, -0.25) is 4.98 Å². The summed E-state index contributed by atoms with van der Waals surface area (Å²) in [6.45, 7) is 0. The fraction of sp³-hybridized carbons (Fsp3) is 0.364. The molecular weight excluding hydrogens is 617 g/mol. The predicted octanol–water partition coefficient (Wildman–Crippen LogP) is 9.10. The Balaban J connectivity index is 0.00000267. The van der Waals surface area contributed by atoms with Gasteiger partial charge in [0.05, 0.1) is 5.82 Å². The molecule has 0 aliphatic heterocycles. The number of nitrogens with zero attached hydrogens (tertiary/aromatic N) is 2. The maximum absolute atomic E-state index is 4.85. The SMILES string of the molecule is [Ir].[c-]1ccccc1-c1nccn1-c1c(C2CCCCC2)cc(-c2ccccc2)cc1C1CCCCC1. The van der Waals surface area contributed by atoms with Crippen LogP contribution in [0.25, 0.3) is 28.2 Å². The Morgan fingerprint density at radius 2 is 1.31 bits per heavy atom. The monoisotopic (exact) mass is 652 g/mol. The Bertz CT molecular complexity index is 1210. The van der Waals surface area contributed by atoms with Crippen molar-refractivity contribution in [3.05, 3.63) is 96.3 Å². The van der Waals surface area contributed by atoms with Crippen LogP contribution < -0.4 is 0 Å². The van der Waals surface area contributed by atoms with E-state index in [9.17, 15) is 0 Å². The summed E-state index contributed by atoms with van der Waals surface area (Å²) in [5.74, 6) is 2.23. The molecule has 0 atom stereocenters. The fourth-order valence-electron chi connectivity index (χ4n) is 6.42. The third kappa shape index (κ3) is 5.15. The number of benzene rings is 3. The van der Waals surface area contributed by atoms with E-state index in [1.54, 1.807) is 0 Å². The van der Waals surface area contributed by atoms with Crippen LogP contribution in [-0.2, 0) is 20.1 Å². The Hall–Kier alpha value is -2.48. The van der Waals surface area contributed by atoms with Crippen molar-refractivity contribution in [3.8, 4) is 28.2 Å². The molecule has 1 aromatic heterocycles. The number of imidazole rings is 1. The molecule has 0 amide bonds. The molecule has 0 unspecified atom stereocenters. The molecule has 0 bridgehead atoms. The summed E-state index contributed by atoms with van der Waals surface area (Å²) < 4.78 is 2.40. The van der Waals surface area contributed by atoms with E-state index in [0.717, 1.165) is 11.4 Å². The van der Waals surface area contributed by atoms with E-state index in [2.05, 4.69) is 71.4 Å². The number of hydrogen-bond acceptors (Lipinski definition) is 1. The van der Waals surface area contributed by atoms with Gasteiger partial charge in [0, 0.05) is 38.2 Å². The quantitative estimate of drug-likeness (QED) is 0.197. The fourth-order valence-corrected chi connectivity index (χ4v) is 6.42. The molecule has 0 N–H and O–H groups in total. The van der Waals surface area contributed by atoms with Crippen molar-refractivity contribution in [1.29, 1.82) is 0 Å². The molecule has 2 fully saturated rings. The summed E-state index contributed by atoms with van der Waals surface area (Å²) in [5.41, 5.74) is 8.24. The van der Waals surface area contributed by atoms with Gasteiger partial charge in [0.2, 0.25) is 0 Å². The van der Waals surface area contributed by atoms with E-state index in [4.69, 9.17) is 4.98 Å². The first-order valence-electron chi connectivity index (χ1n) is 13.6. The van der Waals surface area contributed by atoms with Crippen LogP contribution >= 0.6 is 0 Å². The van der Waals surface area contributed by atoms with E-state index in [1.807, 2.05) is 18.3 Å². The zero-order chi connectivity index (χ0) is 23.5. The summed E-state index contributed by atoms with van der Waals surface area (Å²) in [7, 11) is 0. The zero-order valence-electron chi connectivity index (χ0n) is 21.0. The van der Waals surface area contributed by atoms with Crippen molar-refractivity contribution in [1.82, 2.24) is 9.55 Å². The summed E-state index contributed by atoms with van der Waals surface area (Å²) in [4.78, 5) is 4.85. The van der Waals surface area contributed by atoms with Gasteiger partial charge < -0.3 is 4.57 Å².